The van der Waals surface area contributed by atoms with Crippen molar-refractivity contribution >= 4 is 74.9 Å². The molecular formula is C38H34N4O5S3. The fraction of sp³-hybridized carbons (Fsp3) is 0.158. The van der Waals surface area contributed by atoms with Gasteiger partial charge in [0.2, 0.25) is 5.91 Å². The maximum atomic E-state index is 13.4. The molecule has 5 aromatic rings. The summed E-state index contributed by atoms with van der Waals surface area (Å²) in [6.45, 7) is 2.28. The number of carbonyl (C=O) groups is 4. The molecule has 0 saturated carbocycles. The summed E-state index contributed by atoms with van der Waals surface area (Å²) >= 11 is 4.17. The fourth-order valence-corrected chi connectivity index (χ4v) is 8.18. The average Bonchev–Trinajstić information content (AvgIpc) is 3.78. The molecule has 0 radical (unpaired) electrons. The number of methoxy groups -OCH3 is 1. The number of anilines is 2. The zero-order chi connectivity index (χ0) is 34.9. The van der Waals surface area contributed by atoms with Gasteiger partial charge >= 0.3 is 5.97 Å². The molecule has 1 aliphatic heterocycles. The standard InChI is InChI=1S/C38H34N4O5S3/c1-47-38(46)34-30-17-18-42(22-25-10-4-2-5-11-25)23-32(30)50-37(34)41-33(43)24-49-28-15-8-14-27(20-28)39-36(45)31(21-29-16-9-19-48-29)40-35(44)26-12-6-3-7-13-26/h2-16,19-21H,17-18,22-24H2,1H3,(H,39,45)(H,40,44)(H,41,43)/b31-21-. The number of benzene rings is 3. The van der Waals surface area contributed by atoms with E-state index < -0.39 is 17.8 Å². The Labute approximate surface area is 302 Å². The number of thiophene rings is 2. The summed E-state index contributed by atoms with van der Waals surface area (Å²) in [6, 6.07) is 29.8. The van der Waals surface area contributed by atoms with Crippen LogP contribution < -0.4 is 16.0 Å². The summed E-state index contributed by atoms with van der Waals surface area (Å²) in [5.74, 6) is -1.53. The van der Waals surface area contributed by atoms with Crippen LogP contribution in [-0.2, 0) is 33.8 Å². The number of thioether (sulfide) groups is 1. The molecule has 1 aliphatic rings. The second-order valence-corrected chi connectivity index (χ2v) is 14.5. The van der Waals surface area contributed by atoms with Crippen molar-refractivity contribution in [2.24, 2.45) is 0 Å². The van der Waals surface area contributed by atoms with Gasteiger partial charge in [0.15, 0.2) is 0 Å². The molecule has 0 atom stereocenters. The molecule has 3 N–H and O–H groups in total. The Hall–Kier alpha value is -5.01. The first-order valence-electron chi connectivity index (χ1n) is 15.8. The van der Waals surface area contributed by atoms with Gasteiger partial charge in [-0.15, -0.1) is 34.4 Å². The molecule has 0 spiro atoms. The van der Waals surface area contributed by atoms with E-state index in [9.17, 15) is 19.2 Å². The van der Waals surface area contributed by atoms with Crippen LogP contribution in [0.5, 0.6) is 0 Å². The highest BCUT2D eigenvalue weighted by atomic mass is 32.2. The first kappa shape index (κ1) is 34.8. The highest BCUT2D eigenvalue weighted by Crippen LogP contribution is 2.38. The van der Waals surface area contributed by atoms with E-state index >= 15 is 0 Å². The lowest BCUT2D eigenvalue weighted by molar-refractivity contribution is -0.114. The Balaban J connectivity index is 1.09. The quantitative estimate of drug-likeness (QED) is 0.0704. The van der Waals surface area contributed by atoms with Crippen LogP contribution >= 0.6 is 34.4 Å². The number of fused-ring (bicyclic) bond motifs is 1. The molecule has 6 rings (SSSR count). The number of rotatable bonds is 12. The maximum absolute atomic E-state index is 13.4. The third-order valence-electron chi connectivity index (χ3n) is 7.85. The lowest BCUT2D eigenvalue weighted by atomic mass is 10.0. The monoisotopic (exact) mass is 722 g/mol. The largest absolute Gasteiger partial charge is 0.465 e. The molecule has 0 aliphatic carbocycles. The molecule has 3 amide bonds. The van der Waals surface area contributed by atoms with Crippen LogP contribution in [0.4, 0.5) is 10.7 Å². The maximum Gasteiger partial charge on any atom is 0.341 e. The molecule has 50 heavy (non-hydrogen) atoms. The van der Waals surface area contributed by atoms with Gasteiger partial charge in [-0.1, -0.05) is 60.7 Å². The minimum atomic E-state index is -0.484. The second-order valence-electron chi connectivity index (χ2n) is 11.4. The van der Waals surface area contributed by atoms with E-state index in [1.165, 1.54) is 47.1 Å². The van der Waals surface area contributed by atoms with Gasteiger partial charge in [-0.05, 0) is 65.4 Å². The summed E-state index contributed by atoms with van der Waals surface area (Å²) in [7, 11) is 1.35. The number of nitrogens with zero attached hydrogens (tertiary/aromatic N) is 1. The SMILES string of the molecule is COC(=O)c1c(NC(=O)CSc2cccc(NC(=O)/C(=C/c3cccs3)NC(=O)c3ccccc3)c2)sc2c1CCN(Cc1ccccc1)C2. The Kier molecular flexibility index (Phi) is 11.6. The number of esters is 1. The number of ether oxygens (including phenoxy) is 1. The molecule has 0 fully saturated rings. The first-order chi connectivity index (χ1) is 24.4. The predicted octanol–water partition coefficient (Wildman–Crippen LogP) is 7.29. The van der Waals surface area contributed by atoms with E-state index in [-0.39, 0.29) is 17.4 Å². The van der Waals surface area contributed by atoms with Gasteiger partial charge in [0.25, 0.3) is 11.8 Å². The minimum Gasteiger partial charge on any atom is -0.465 e. The number of carbonyl (C=O) groups excluding carboxylic acids is 4. The Bertz CT molecular complexity index is 2010. The van der Waals surface area contributed by atoms with E-state index in [0.29, 0.717) is 34.8 Å². The van der Waals surface area contributed by atoms with Crippen molar-refractivity contribution in [3.8, 4) is 0 Å². The Morgan fingerprint density at radius 2 is 1.70 bits per heavy atom. The van der Waals surface area contributed by atoms with Crippen molar-refractivity contribution in [3.63, 3.8) is 0 Å². The van der Waals surface area contributed by atoms with Crippen LogP contribution in [0.2, 0.25) is 0 Å². The molecule has 0 unspecified atom stereocenters. The van der Waals surface area contributed by atoms with Gasteiger partial charge in [-0.2, -0.15) is 0 Å². The summed E-state index contributed by atoms with van der Waals surface area (Å²) < 4.78 is 5.11. The van der Waals surface area contributed by atoms with Crippen LogP contribution in [0.1, 0.15) is 41.6 Å². The first-order valence-corrected chi connectivity index (χ1v) is 18.5. The van der Waals surface area contributed by atoms with Gasteiger partial charge in [0.1, 0.15) is 10.7 Å². The second kappa shape index (κ2) is 16.6. The normalized spacial score (nSPS) is 12.9. The minimum absolute atomic E-state index is 0.0807. The lowest BCUT2D eigenvalue weighted by Crippen LogP contribution is -2.30. The third kappa shape index (κ3) is 8.96. The van der Waals surface area contributed by atoms with Crippen molar-refractivity contribution in [2.45, 2.75) is 24.4 Å². The molecular weight excluding hydrogens is 689 g/mol. The Morgan fingerprint density at radius 3 is 2.44 bits per heavy atom. The summed E-state index contributed by atoms with van der Waals surface area (Å²) in [5.41, 5.74) is 3.62. The van der Waals surface area contributed by atoms with Gasteiger partial charge in [0, 0.05) is 45.5 Å². The van der Waals surface area contributed by atoms with Crippen molar-refractivity contribution in [1.82, 2.24) is 10.2 Å². The Morgan fingerprint density at radius 1 is 0.920 bits per heavy atom. The smallest absolute Gasteiger partial charge is 0.341 e. The lowest BCUT2D eigenvalue weighted by Gasteiger charge is -2.27. The molecule has 0 saturated heterocycles. The summed E-state index contributed by atoms with van der Waals surface area (Å²) in [6.07, 6.45) is 2.32. The van der Waals surface area contributed by atoms with Crippen LogP contribution in [0.25, 0.3) is 6.08 Å². The zero-order valence-electron chi connectivity index (χ0n) is 27.1. The van der Waals surface area contributed by atoms with Crippen LogP contribution in [-0.4, -0.2) is 48.0 Å². The zero-order valence-corrected chi connectivity index (χ0v) is 29.6. The number of hydrogen-bond acceptors (Lipinski definition) is 9. The molecule has 0 bridgehead atoms. The molecule has 12 heteroatoms. The van der Waals surface area contributed by atoms with E-state index in [2.05, 4.69) is 33.0 Å². The van der Waals surface area contributed by atoms with E-state index in [4.69, 9.17) is 4.74 Å². The van der Waals surface area contributed by atoms with Crippen LogP contribution in [0.15, 0.2) is 113 Å². The topological polar surface area (TPSA) is 117 Å². The molecule has 9 nitrogen and oxygen atoms in total. The number of hydrogen-bond donors (Lipinski definition) is 3. The fourth-order valence-electron chi connectivity index (χ4n) is 5.47. The van der Waals surface area contributed by atoms with Crippen molar-refractivity contribution in [2.75, 3.05) is 30.0 Å². The van der Waals surface area contributed by atoms with Crippen LogP contribution in [0.3, 0.4) is 0 Å². The van der Waals surface area contributed by atoms with E-state index in [0.717, 1.165) is 33.3 Å². The molecule has 3 heterocycles. The van der Waals surface area contributed by atoms with Crippen molar-refractivity contribution < 1.29 is 23.9 Å². The molecule has 2 aromatic heterocycles. The predicted molar refractivity (Wildman–Crippen MR) is 201 cm³/mol. The van der Waals surface area contributed by atoms with Crippen molar-refractivity contribution in [1.29, 1.82) is 0 Å². The highest BCUT2D eigenvalue weighted by molar-refractivity contribution is 8.00. The highest BCUT2D eigenvalue weighted by Gasteiger charge is 2.29. The molecule has 254 valence electrons. The van der Waals surface area contributed by atoms with Gasteiger partial charge in [-0.25, -0.2) is 4.79 Å². The number of nitrogens with one attached hydrogen (secondary N) is 3. The average molecular weight is 723 g/mol. The summed E-state index contributed by atoms with van der Waals surface area (Å²) in [5, 5.41) is 11.0. The van der Waals surface area contributed by atoms with E-state index in [1.54, 1.807) is 48.5 Å². The number of amides is 3. The molecule has 3 aromatic carbocycles. The summed E-state index contributed by atoms with van der Waals surface area (Å²) in [4.78, 5) is 57.3. The van der Waals surface area contributed by atoms with Gasteiger partial charge in [0.05, 0.1) is 18.4 Å². The van der Waals surface area contributed by atoms with Gasteiger partial charge < -0.3 is 20.7 Å². The third-order valence-corrected chi connectivity index (χ3v) is 10.8. The van der Waals surface area contributed by atoms with Gasteiger partial charge in [-0.3, -0.25) is 19.3 Å². The van der Waals surface area contributed by atoms with E-state index in [1.807, 2.05) is 47.8 Å². The van der Waals surface area contributed by atoms with Crippen molar-refractivity contribution in [3.05, 3.63) is 140 Å². The van der Waals surface area contributed by atoms with Crippen LogP contribution in [0, 0.1) is 0 Å².